The molecule has 5 saturated carbocycles. The lowest BCUT2D eigenvalue weighted by Gasteiger charge is -2.63. The van der Waals surface area contributed by atoms with Crippen LogP contribution < -0.4 is 0 Å². The second-order valence-electron chi connectivity index (χ2n) is 12.9. The summed E-state index contributed by atoms with van der Waals surface area (Å²) in [4.78, 5) is 0. The first-order valence-corrected chi connectivity index (χ1v) is 14.6. The van der Waals surface area contributed by atoms with Gasteiger partial charge in [-0.25, -0.2) is 0 Å². The lowest BCUT2D eigenvalue weighted by atomic mass is 9.43. The SMILES string of the molecule is CC[C@]1(O)CC[C@@]2(C)[C@@H](CC[C@H]3[C@@H]4[C@@H](C5CC5)C[C@H]([C@H](C)CI)[C@@]4(C)CC[C@@H]32)C1. The summed E-state index contributed by atoms with van der Waals surface area (Å²) in [6, 6.07) is 0. The molecule has 2 heteroatoms. The number of alkyl halides is 1. The van der Waals surface area contributed by atoms with Crippen molar-refractivity contribution in [3.05, 3.63) is 0 Å². The van der Waals surface area contributed by atoms with Crippen molar-refractivity contribution in [2.24, 2.45) is 58.2 Å². The molecule has 0 bridgehead atoms. The van der Waals surface area contributed by atoms with Gasteiger partial charge in [-0.1, -0.05) is 50.3 Å². The van der Waals surface area contributed by atoms with Crippen molar-refractivity contribution in [1.29, 1.82) is 0 Å². The van der Waals surface area contributed by atoms with Crippen molar-refractivity contribution in [1.82, 2.24) is 0 Å². The Hall–Kier alpha value is 0.690. The minimum absolute atomic E-state index is 0.356. The van der Waals surface area contributed by atoms with Crippen LogP contribution >= 0.6 is 22.6 Å². The van der Waals surface area contributed by atoms with Gasteiger partial charge in [0, 0.05) is 4.43 Å². The predicted molar refractivity (Wildman–Crippen MR) is 130 cm³/mol. The van der Waals surface area contributed by atoms with E-state index in [0.717, 1.165) is 66.6 Å². The standard InChI is InChI=1S/C27H45IO/c1-5-27(29)13-12-25(3)19(15-27)8-9-20-22(25)10-11-26(4)23(17(2)16-28)14-21(24(20)26)18-6-7-18/h17-24,29H,5-16H2,1-4H3/t17-,19+,20-,21-,22+,23-,24-,25+,26-,27+/m1/s1. The van der Waals surface area contributed by atoms with Crippen LogP contribution in [0.15, 0.2) is 0 Å². The summed E-state index contributed by atoms with van der Waals surface area (Å²) in [6.45, 7) is 10.2. The number of hydrogen-bond acceptors (Lipinski definition) is 1. The third-order valence-corrected chi connectivity index (χ3v) is 13.2. The molecule has 0 spiro atoms. The Morgan fingerprint density at radius 3 is 2.38 bits per heavy atom. The quantitative estimate of drug-likeness (QED) is 0.306. The summed E-state index contributed by atoms with van der Waals surface area (Å²) in [5, 5.41) is 11.1. The van der Waals surface area contributed by atoms with E-state index in [1.807, 2.05) is 0 Å². The molecular weight excluding hydrogens is 467 g/mol. The molecule has 5 rings (SSSR count). The molecule has 1 nitrogen and oxygen atoms in total. The zero-order valence-corrected chi connectivity index (χ0v) is 21.6. The number of halogens is 1. The van der Waals surface area contributed by atoms with Crippen molar-refractivity contribution >= 4 is 22.6 Å². The predicted octanol–water partition coefficient (Wildman–Crippen LogP) is 7.49. The first-order valence-electron chi connectivity index (χ1n) is 13.0. The Labute approximate surface area is 193 Å². The van der Waals surface area contributed by atoms with Gasteiger partial charge in [-0.05, 0) is 129 Å². The fourth-order valence-electron chi connectivity index (χ4n) is 9.87. The topological polar surface area (TPSA) is 20.2 Å². The van der Waals surface area contributed by atoms with Crippen LogP contribution in [0.3, 0.4) is 0 Å². The van der Waals surface area contributed by atoms with E-state index < -0.39 is 0 Å². The molecule has 5 aliphatic carbocycles. The van der Waals surface area contributed by atoms with Crippen LogP contribution in [0.5, 0.6) is 0 Å². The van der Waals surface area contributed by atoms with Gasteiger partial charge in [-0.2, -0.15) is 0 Å². The summed E-state index contributed by atoms with van der Waals surface area (Å²) < 4.78 is 1.34. The smallest absolute Gasteiger partial charge is 0.0648 e. The first kappa shape index (κ1) is 21.5. The summed E-state index contributed by atoms with van der Waals surface area (Å²) in [5.74, 6) is 7.69. The van der Waals surface area contributed by atoms with Crippen molar-refractivity contribution in [3.8, 4) is 0 Å². The van der Waals surface area contributed by atoms with Crippen LogP contribution in [0, 0.1) is 58.2 Å². The second kappa shape index (κ2) is 7.35. The van der Waals surface area contributed by atoms with Crippen LogP contribution in [0.4, 0.5) is 0 Å². The molecule has 1 N–H and O–H groups in total. The fraction of sp³-hybridized carbons (Fsp3) is 1.00. The minimum Gasteiger partial charge on any atom is -0.390 e. The maximum atomic E-state index is 11.1. The van der Waals surface area contributed by atoms with Crippen LogP contribution in [0.25, 0.3) is 0 Å². The highest BCUT2D eigenvalue weighted by atomic mass is 127. The van der Waals surface area contributed by atoms with E-state index in [-0.39, 0.29) is 5.60 Å². The average Bonchev–Trinajstić information content (AvgIpc) is 3.50. The van der Waals surface area contributed by atoms with E-state index in [2.05, 4.69) is 50.3 Å². The highest BCUT2D eigenvalue weighted by Crippen LogP contribution is 2.72. The third kappa shape index (κ3) is 3.22. The molecule has 5 aliphatic rings. The second-order valence-corrected chi connectivity index (χ2v) is 13.8. The summed E-state index contributed by atoms with van der Waals surface area (Å²) in [7, 11) is 0. The Balaban J connectivity index is 1.45. The summed E-state index contributed by atoms with van der Waals surface area (Å²) in [6.07, 6.45) is 14.8. The number of aliphatic hydroxyl groups is 1. The van der Waals surface area contributed by atoms with Gasteiger partial charge in [0.2, 0.25) is 0 Å². The van der Waals surface area contributed by atoms with Gasteiger partial charge in [0.1, 0.15) is 0 Å². The molecule has 5 fully saturated rings. The highest BCUT2D eigenvalue weighted by Gasteiger charge is 2.65. The van der Waals surface area contributed by atoms with Gasteiger partial charge in [0.25, 0.3) is 0 Å². The van der Waals surface area contributed by atoms with Crippen LogP contribution in [0.1, 0.15) is 98.3 Å². The van der Waals surface area contributed by atoms with Gasteiger partial charge >= 0.3 is 0 Å². The normalized spacial score (nSPS) is 55.7. The van der Waals surface area contributed by atoms with E-state index >= 15 is 0 Å². The maximum Gasteiger partial charge on any atom is 0.0648 e. The Morgan fingerprint density at radius 2 is 1.72 bits per heavy atom. The van der Waals surface area contributed by atoms with Crippen molar-refractivity contribution < 1.29 is 5.11 Å². The lowest BCUT2D eigenvalue weighted by Crippen LogP contribution is -2.56. The zero-order chi connectivity index (χ0) is 20.6. The number of rotatable bonds is 4. The molecule has 0 saturated heterocycles. The molecule has 0 aromatic carbocycles. The molecule has 0 radical (unpaired) electrons. The summed E-state index contributed by atoms with van der Waals surface area (Å²) in [5.41, 5.74) is 0.763. The molecule has 0 aliphatic heterocycles. The van der Waals surface area contributed by atoms with Crippen molar-refractivity contribution in [2.75, 3.05) is 4.43 Å². The van der Waals surface area contributed by atoms with Gasteiger partial charge in [0.05, 0.1) is 5.60 Å². The number of fused-ring (bicyclic) bond motifs is 5. The molecule has 29 heavy (non-hydrogen) atoms. The van der Waals surface area contributed by atoms with Crippen LogP contribution in [-0.2, 0) is 0 Å². The van der Waals surface area contributed by atoms with E-state index in [4.69, 9.17) is 0 Å². The molecular formula is C27H45IO. The van der Waals surface area contributed by atoms with Gasteiger partial charge in [0.15, 0.2) is 0 Å². The molecule has 0 amide bonds. The lowest BCUT2D eigenvalue weighted by molar-refractivity contribution is -0.157. The monoisotopic (exact) mass is 512 g/mol. The molecule has 10 atom stereocenters. The van der Waals surface area contributed by atoms with Crippen molar-refractivity contribution in [3.63, 3.8) is 0 Å². The maximum absolute atomic E-state index is 11.1. The van der Waals surface area contributed by atoms with Crippen LogP contribution in [-0.4, -0.2) is 15.1 Å². The van der Waals surface area contributed by atoms with Crippen LogP contribution in [0.2, 0.25) is 0 Å². The minimum atomic E-state index is -0.356. The molecule has 166 valence electrons. The van der Waals surface area contributed by atoms with Gasteiger partial charge < -0.3 is 5.11 Å². The van der Waals surface area contributed by atoms with Crippen molar-refractivity contribution in [2.45, 2.75) is 104 Å². The Morgan fingerprint density at radius 1 is 0.966 bits per heavy atom. The molecule has 0 heterocycles. The number of hydrogen-bond donors (Lipinski definition) is 1. The zero-order valence-electron chi connectivity index (χ0n) is 19.4. The van der Waals surface area contributed by atoms with E-state index in [1.54, 1.807) is 6.42 Å². The molecule has 0 aromatic rings. The largest absolute Gasteiger partial charge is 0.390 e. The van der Waals surface area contributed by atoms with E-state index in [0.29, 0.717) is 10.8 Å². The molecule has 0 unspecified atom stereocenters. The Kier molecular flexibility index (Phi) is 5.46. The average molecular weight is 513 g/mol. The van der Waals surface area contributed by atoms with Gasteiger partial charge in [-0.3, -0.25) is 0 Å². The summed E-state index contributed by atoms with van der Waals surface area (Å²) >= 11 is 2.66. The van der Waals surface area contributed by atoms with Gasteiger partial charge in [-0.15, -0.1) is 0 Å². The van der Waals surface area contributed by atoms with E-state index in [1.165, 1.54) is 49.4 Å². The Bertz CT molecular complexity index is 630. The third-order valence-electron chi connectivity index (χ3n) is 11.8. The first-order chi connectivity index (χ1) is 13.8. The highest BCUT2D eigenvalue weighted by molar-refractivity contribution is 14.1. The fourth-order valence-corrected chi connectivity index (χ4v) is 10.5. The van der Waals surface area contributed by atoms with E-state index in [9.17, 15) is 5.11 Å². The molecule has 0 aromatic heterocycles.